The fraction of sp³-hybridized carbons (Fsp3) is 0.562. The van der Waals surface area contributed by atoms with E-state index in [9.17, 15) is 0 Å². The lowest BCUT2D eigenvalue weighted by Gasteiger charge is -2.30. The maximum absolute atomic E-state index is 4.57. The summed E-state index contributed by atoms with van der Waals surface area (Å²) in [6.07, 6.45) is 11.4. The van der Waals surface area contributed by atoms with Gasteiger partial charge in [-0.25, -0.2) is 9.97 Å². The number of nitrogens with one attached hydrogen (secondary N) is 1. The monoisotopic (exact) mass is 270 g/mol. The summed E-state index contributed by atoms with van der Waals surface area (Å²) in [5.41, 5.74) is 1.57. The van der Waals surface area contributed by atoms with Crippen molar-refractivity contribution >= 4 is 17.0 Å². The average molecular weight is 270 g/mol. The number of nitrogens with zero attached hydrogens (tertiary/aromatic N) is 3. The second-order valence-corrected chi connectivity index (χ2v) is 5.65. The van der Waals surface area contributed by atoms with Crippen molar-refractivity contribution in [3.05, 3.63) is 24.5 Å². The van der Waals surface area contributed by atoms with Crippen molar-refractivity contribution < 1.29 is 0 Å². The number of hydrogen-bond donors (Lipinski definition) is 1. The van der Waals surface area contributed by atoms with Gasteiger partial charge in [-0.2, -0.15) is 0 Å². The highest BCUT2D eigenvalue weighted by molar-refractivity contribution is 5.71. The third-order valence-corrected chi connectivity index (χ3v) is 4.32. The van der Waals surface area contributed by atoms with Crippen LogP contribution in [0, 0.1) is 5.92 Å². The van der Waals surface area contributed by atoms with Crippen molar-refractivity contribution in [2.24, 2.45) is 5.92 Å². The number of anilines is 1. The van der Waals surface area contributed by atoms with Gasteiger partial charge in [0.05, 0.1) is 0 Å². The number of fused-ring (bicyclic) bond motifs is 1. The molecular formula is C16H22N4. The van der Waals surface area contributed by atoms with E-state index in [1.165, 1.54) is 32.1 Å². The minimum atomic E-state index is 0.525. The predicted octanol–water partition coefficient (Wildman–Crippen LogP) is 3.80. The second kappa shape index (κ2) is 6.16. The summed E-state index contributed by atoms with van der Waals surface area (Å²) in [5.74, 6) is 1.71. The van der Waals surface area contributed by atoms with Gasteiger partial charge < -0.3 is 5.32 Å². The maximum atomic E-state index is 4.57. The summed E-state index contributed by atoms with van der Waals surface area (Å²) in [6.45, 7) is 2.26. The summed E-state index contributed by atoms with van der Waals surface area (Å²) < 4.78 is 0. The SMILES string of the molecule is CCC(Nc1ccc2nccnc2n1)C1CCCCC1. The van der Waals surface area contributed by atoms with Gasteiger partial charge in [0.2, 0.25) is 0 Å². The van der Waals surface area contributed by atoms with Crippen molar-refractivity contribution in [1.29, 1.82) is 0 Å². The predicted molar refractivity (Wildman–Crippen MR) is 81.6 cm³/mol. The lowest BCUT2D eigenvalue weighted by Crippen LogP contribution is -2.30. The Bertz CT molecular complexity index is 563. The van der Waals surface area contributed by atoms with Gasteiger partial charge in [-0.05, 0) is 37.3 Å². The normalized spacial score (nSPS) is 18.1. The highest BCUT2D eigenvalue weighted by atomic mass is 15.0. The molecule has 20 heavy (non-hydrogen) atoms. The van der Waals surface area contributed by atoms with Crippen molar-refractivity contribution in [1.82, 2.24) is 15.0 Å². The van der Waals surface area contributed by atoms with Crippen LogP contribution in [0.25, 0.3) is 11.2 Å². The van der Waals surface area contributed by atoms with Gasteiger partial charge in [0.1, 0.15) is 11.3 Å². The first-order valence-corrected chi connectivity index (χ1v) is 7.71. The smallest absolute Gasteiger partial charge is 0.180 e. The van der Waals surface area contributed by atoms with Crippen LogP contribution in [0.15, 0.2) is 24.5 Å². The van der Waals surface area contributed by atoms with Crippen LogP contribution in [-0.4, -0.2) is 21.0 Å². The van der Waals surface area contributed by atoms with E-state index in [1.54, 1.807) is 12.4 Å². The van der Waals surface area contributed by atoms with E-state index in [0.29, 0.717) is 6.04 Å². The molecule has 0 amide bonds. The molecule has 1 saturated carbocycles. The zero-order chi connectivity index (χ0) is 13.8. The molecule has 1 unspecified atom stereocenters. The zero-order valence-corrected chi connectivity index (χ0v) is 12.0. The topological polar surface area (TPSA) is 50.7 Å². The molecule has 1 fully saturated rings. The third kappa shape index (κ3) is 2.89. The van der Waals surface area contributed by atoms with Crippen LogP contribution in [-0.2, 0) is 0 Å². The Labute approximate surface area is 120 Å². The molecule has 0 saturated heterocycles. The lowest BCUT2D eigenvalue weighted by molar-refractivity contribution is 0.312. The molecule has 4 heteroatoms. The van der Waals surface area contributed by atoms with Crippen LogP contribution in [0.1, 0.15) is 45.4 Å². The van der Waals surface area contributed by atoms with E-state index in [2.05, 4.69) is 27.2 Å². The van der Waals surface area contributed by atoms with Gasteiger partial charge in [-0.15, -0.1) is 0 Å². The van der Waals surface area contributed by atoms with Crippen molar-refractivity contribution in [2.75, 3.05) is 5.32 Å². The summed E-state index contributed by atoms with van der Waals surface area (Å²) in [6, 6.07) is 4.53. The average Bonchev–Trinajstić information content (AvgIpc) is 2.53. The maximum Gasteiger partial charge on any atom is 0.180 e. The second-order valence-electron chi connectivity index (χ2n) is 5.65. The number of pyridine rings is 1. The minimum absolute atomic E-state index is 0.525. The molecule has 2 aromatic heterocycles. The summed E-state index contributed by atoms with van der Waals surface area (Å²) >= 11 is 0. The molecule has 4 nitrogen and oxygen atoms in total. The van der Waals surface area contributed by atoms with E-state index < -0.39 is 0 Å². The highest BCUT2D eigenvalue weighted by Crippen LogP contribution is 2.29. The molecule has 0 bridgehead atoms. The molecular weight excluding hydrogens is 248 g/mol. The molecule has 3 rings (SSSR count). The molecule has 106 valence electrons. The number of rotatable bonds is 4. The fourth-order valence-electron chi connectivity index (χ4n) is 3.21. The van der Waals surface area contributed by atoms with E-state index >= 15 is 0 Å². The first-order chi connectivity index (χ1) is 9.86. The molecule has 1 aliphatic rings. The Morgan fingerprint density at radius 1 is 1.15 bits per heavy atom. The Balaban J connectivity index is 1.76. The van der Waals surface area contributed by atoms with Crippen LogP contribution in [0.3, 0.4) is 0 Å². The van der Waals surface area contributed by atoms with Gasteiger partial charge in [0.15, 0.2) is 5.65 Å². The lowest BCUT2D eigenvalue weighted by atomic mass is 9.83. The molecule has 0 aliphatic heterocycles. The molecule has 2 heterocycles. The quantitative estimate of drug-likeness (QED) is 0.918. The van der Waals surface area contributed by atoms with Crippen LogP contribution in [0.5, 0.6) is 0 Å². The number of hydrogen-bond acceptors (Lipinski definition) is 4. The first kappa shape index (κ1) is 13.3. The molecule has 0 spiro atoms. The number of aromatic nitrogens is 3. The molecule has 1 atom stereocenters. The van der Waals surface area contributed by atoms with Crippen LogP contribution in [0.2, 0.25) is 0 Å². The Kier molecular flexibility index (Phi) is 4.09. The van der Waals surface area contributed by atoms with Gasteiger partial charge >= 0.3 is 0 Å². The van der Waals surface area contributed by atoms with Crippen molar-refractivity contribution in [2.45, 2.75) is 51.5 Å². The third-order valence-electron chi connectivity index (χ3n) is 4.32. The molecule has 0 radical (unpaired) electrons. The Hall–Kier alpha value is -1.71. The fourth-order valence-corrected chi connectivity index (χ4v) is 3.21. The van der Waals surface area contributed by atoms with Crippen molar-refractivity contribution in [3.63, 3.8) is 0 Å². The van der Waals surface area contributed by atoms with Crippen LogP contribution < -0.4 is 5.32 Å². The van der Waals surface area contributed by atoms with Gasteiger partial charge in [-0.1, -0.05) is 26.2 Å². The van der Waals surface area contributed by atoms with E-state index in [1.807, 2.05) is 12.1 Å². The van der Waals surface area contributed by atoms with Gasteiger partial charge in [0, 0.05) is 18.4 Å². The van der Waals surface area contributed by atoms with Gasteiger partial charge in [0.25, 0.3) is 0 Å². The highest BCUT2D eigenvalue weighted by Gasteiger charge is 2.22. The first-order valence-electron chi connectivity index (χ1n) is 7.71. The van der Waals surface area contributed by atoms with Gasteiger partial charge in [-0.3, -0.25) is 4.98 Å². The largest absolute Gasteiger partial charge is 0.367 e. The molecule has 1 N–H and O–H groups in total. The minimum Gasteiger partial charge on any atom is -0.367 e. The summed E-state index contributed by atoms with van der Waals surface area (Å²) in [7, 11) is 0. The molecule has 2 aromatic rings. The summed E-state index contributed by atoms with van der Waals surface area (Å²) in [5, 5.41) is 3.61. The van der Waals surface area contributed by atoms with Crippen LogP contribution in [0.4, 0.5) is 5.82 Å². The molecule has 0 aromatic carbocycles. The Morgan fingerprint density at radius 3 is 2.75 bits per heavy atom. The Morgan fingerprint density at radius 2 is 1.95 bits per heavy atom. The summed E-state index contributed by atoms with van der Waals surface area (Å²) in [4.78, 5) is 13.1. The van der Waals surface area contributed by atoms with Crippen molar-refractivity contribution in [3.8, 4) is 0 Å². The van der Waals surface area contributed by atoms with E-state index in [0.717, 1.165) is 29.3 Å². The zero-order valence-electron chi connectivity index (χ0n) is 12.0. The standard InChI is InChI=1S/C16H22N4/c1-2-13(12-6-4-3-5-7-12)19-15-9-8-14-16(20-15)18-11-10-17-14/h8-13H,2-7H2,1H3,(H,18,19,20). The molecule has 1 aliphatic carbocycles. The van der Waals surface area contributed by atoms with Crippen LogP contribution >= 0.6 is 0 Å². The van der Waals surface area contributed by atoms with E-state index in [-0.39, 0.29) is 0 Å². The van der Waals surface area contributed by atoms with E-state index in [4.69, 9.17) is 0 Å².